The van der Waals surface area contributed by atoms with E-state index in [9.17, 15) is 0 Å². The minimum atomic E-state index is 0.424. The molecular weight excluding hydrogens is 286 g/mol. The van der Waals surface area contributed by atoms with Crippen LogP contribution >= 0.6 is 0 Å². The first-order valence-corrected chi connectivity index (χ1v) is 8.75. The number of hydrogen-bond donors (Lipinski definition) is 2. The van der Waals surface area contributed by atoms with Crippen molar-refractivity contribution in [2.24, 2.45) is 4.99 Å². The molecule has 1 aromatic rings. The number of guanidine groups is 1. The second-order valence-corrected chi connectivity index (χ2v) is 6.01. The number of aryl methyl sites for hydroxylation is 1. The molecule has 0 aliphatic heterocycles. The van der Waals surface area contributed by atoms with Crippen LogP contribution in [0.5, 0.6) is 0 Å². The highest BCUT2D eigenvalue weighted by Gasteiger charge is 2.05. The molecule has 0 spiro atoms. The molecule has 130 valence electrons. The summed E-state index contributed by atoms with van der Waals surface area (Å²) >= 11 is 0. The molecule has 1 unspecified atom stereocenters. The summed E-state index contributed by atoms with van der Waals surface area (Å²) in [5, 5.41) is 6.73. The minimum Gasteiger partial charge on any atom is -0.385 e. The molecule has 0 amide bonds. The summed E-state index contributed by atoms with van der Waals surface area (Å²) in [6, 6.07) is 8.73. The molecule has 0 bridgehead atoms. The van der Waals surface area contributed by atoms with Crippen LogP contribution in [-0.2, 0) is 4.74 Å². The number of ether oxygens (including phenoxy) is 1. The van der Waals surface area contributed by atoms with Crippen molar-refractivity contribution in [3.8, 4) is 0 Å². The summed E-state index contributed by atoms with van der Waals surface area (Å²) in [4.78, 5) is 4.72. The minimum absolute atomic E-state index is 0.424. The number of nitrogens with one attached hydrogen (secondary N) is 2. The highest BCUT2D eigenvalue weighted by atomic mass is 16.5. The quantitative estimate of drug-likeness (QED) is 0.394. The molecule has 23 heavy (non-hydrogen) atoms. The molecule has 1 rings (SSSR count). The lowest BCUT2D eigenvalue weighted by Gasteiger charge is -2.14. The third-order valence-electron chi connectivity index (χ3n) is 3.83. The summed E-state index contributed by atoms with van der Waals surface area (Å²) < 4.78 is 5.07. The topological polar surface area (TPSA) is 45.7 Å². The molecule has 0 aliphatic rings. The van der Waals surface area contributed by atoms with Gasteiger partial charge in [0.15, 0.2) is 5.96 Å². The molecule has 0 saturated heterocycles. The van der Waals surface area contributed by atoms with Crippen molar-refractivity contribution in [3.05, 3.63) is 35.4 Å². The third-order valence-corrected chi connectivity index (χ3v) is 3.83. The molecule has 4 heteroatoms. The van der Waals surface area contributed by atoms with Crippen LogP contribution in [0.2, 0.25) is 0 Å². The zero-order chi connectivity index (χ0) is 16.9. The van der Waals surface area contributed by atoms with E-state index in [0.717, 1.165) is 45.0 Å². The fourth-order valence-electron chi connectivity index (χ4n) is 2.33. The van der Waals surface area contributed by atoms with Gasteiger partial charge in [0, 0.05) is 39.3 Å². The average molecular weight is 319 g/mol. The molecule has 0 aliphatic carbocycles. The van der Waals surface area contributed by atoms with Gasteiger partial charge < -0.3 is 15.4 Å². The standard InChI is InChI=1S/C19H33N3O/c1-5-20-19(21-13-7-6-8-14-23-4)22-15-17(3)18-11-9-16(2)10-12-18/h9-12,17H,5-8,13-15H2,1-4H3,(H2,20,21,22). The van der Waals surface area contributed by atoms with E-state index in [1.165, 1.54) is 17.5 Å². The molecule has 4 nitrogen and oxygen atoms in total. The van der Waals surface area contributed by atoms with Crippen molar-refractivity contribution < 1.29 is 4.74 Å². The van der Waals surface area contributed by atoms with E-state index in [0.29, 0.717) is 5.92 Å². The zero-order valence-corrected chi connectivity index (χ0v) is 15.2. The van der Waals surface area contributed by atoms with Crippen molar-refractivity contribution >= 4 is 5.96 Å². The van der Waals surface area contributed by atoms with Crippen molar-refractivity contribution in [1.82, 2.24) is 10.6 Å². The first-order chi connectivity index (χ1) is 11.2. The largest absolute Gasteiger partial charge is 0.385 e. The number of benzene rings is 1. The maximum Gasteiger partial charge on any atom is 0.191 e. The Hall–Kier alpha value is -1.55. The Kier molecular flexibility index (Phi) is 10.1. The summed E-state index contributed by atoms with van der Waals surface area (Å²) in [7, 11) is 1.75. The smallest absolute Gasteiger partial charge is 0.191 e. The molecule has 0 fully saturated rings. The van der Waals surface area contributed by atoms with Crippen molar-refractivity contribution in [3.63, 3.8) is 0 Å². The molecule has 2 N–H and O–H groups in total. The van der Waals surface area contributed by atoms with Gasteiger partial charge >= 0.3 is 0 Å². The van der Waals surface area contributed by atoms with Crippen LogP contribution in [0.15, 0.2) is 29.3 Å². The number of nitrogens with zero attached hydrogens (tertiary/aromatic N) is 1. The van der Waals surface area contributed by atoms with Crippen LogP contribution in [0.1, 0.15) is 50.2 Å². The van der Waals surface area contributed by atoms with E-state index >= 15 is 0 Å². The zero-order valence-electron chi connectivity index (χ0n) is 15.2. The summed E-state index contributed by atoms with van der Waals surface area (Å²) in [5.41, 5.74) is 2.64. The van der Waals surface area contributed by atoms with Gasteiger partial charge in [-0.25, -0.2) is 0 Å². The Bertz CT molecular complexity index is 442. The summed E-state index contributed by atoms with van der Waals surface area (Å²) in [6.07, 6.45) is 3.44. The third kappa shape index (κ3) is 8.60. The Morgan fingerprint density at radius 3 is 2.52 bits per heavy atom. The number of unbranched alkanes of at least 4 members (excludes halogenated alkanes) is 2. The van der Waals surface area contributed by atoms with Gasteiger partial charge in [0.2, 0.25) is 0 Å². The lowest BCUT2D eigenvalue weighted by Crippen LogP contribution is -2.38. The second kappa shape index (κ2) is 11.9. The highest BCUT2D eigenvalue weighted by molar-refractivity contribution is 5.79. The van der Waals surface area contributed by atoms with Crippen LogP contribution in [0, 0.1) is 6.92 Å². The van der Waals surface area contributed by atoms with Crippen LogP contribution in [-0.4, -0.2) is 39.3 Å². The van der Waals surface area contributed by atoms with Gasteiger partial charge in [-0.2, -0.15) is 0 Å². The van der Waals surface area contributed by atoms with E-state index in [4.69, 9.17) is 9.73 Å². The van der Waals surface area contributed by atoms with Gasteiger partial charge in [-0.05, 0) is 38.7 Å². The summed E-state index contributed by atoms with van der Waals surface area (Å²) in [6.45, 7) is 9.92. The summed E-state index contributed by atoms with van der Waals surface area (Å²) in [5.74, 6) is 1.34. The SMILES string of the molecule is CCNC(=NCC(C)c1ccc(C)cc1)NCCCCCOC. The number of aliphatic imine (C=N–C) groups is 1. The Labute approximate surface area is 141 Å². The normalized spacial score (nSPS) is 13.0. The maximum absolute atomic E-state index is 5.07. The average Bonchev–Trinajstić information content (AvgIpc) is 2.56. The molecular formula is C19H33N3O. The Balaban J connectivity index is 2.39. The number of rotatable bonds is 10. The molecule has 1 atom stereocenters. The highest BCUT2D eigenvalue weighted by Crippen LogP contribution is 2.15. The van der Waals surface area contributed by atoms with Crippen LogP contribution < -0.4 is 10.6 Å². The number of methoxy groups -OCH3 is 1. The van der Waals surface area contributed by atoms with Crippen molar-refractivity contribution in [2.75, 3.05) is 33.4 Å². The lowest BCUT2D eigenvalue weighted by molar-refractivity contribution is 0.192. The van der Waals surface area contributed by atoms with Crippen molar-refractivity contribution in [1.29, 1.82) is 0 Å². The van der Waals surface area contributed by atoms with E-state index in [2.05, 4.69) is 55.7 Å². The maximum atomic E-state index is 5.07. The Morgan fingerprint density at radius 1 is 1.13 bits per heavy atom. The molecule has 1 aromatic carbocycles. The second-order valence-electron chi connectivity index (χ2n) is 6.01. The van der Waals surface area contributed by atoms with Crippen molar-refractivity contribution in [2.45, 2.75) is 46.0 Å². The fraction of sp³-hybridized carbons (Fsp3) is 0.632. The van der Waals surface area contributed by atoms with E-state index in [-0.39, 0.29) is 0 Å². The van der Waals surface area contributed by atoms with Crippen LogP contribution in [0.25, 0.3) is 0 Å². The number of hydrogen-bond acceptors (Lipinski definition) is 2. The van der Waals surface area contributed by atoms with Gasteiger partial charge in [-0.3, -0.25) is 4.99 Å². The van der Waals surface area contributed by atoms with Gasteiger partial charge in [0.1, 0.15) is 0 Å². The predicted molar refractivity (Wildman–Crippen MR) is 99.3 cm³/mol. The predicted octanol–water partition coefficient (Wildman–Crippen LogP) is 3.47. The monoisotopic (exact) mass is 319 g/mol. The van der Waals surface area contributed by atoms with E-state index in [1.54, 1.807) is 7.11 Å². The van der Waals surface area contributed by atoms with Gasteiger partial charge in [0.05, 0.1) is 0 Å². The molecule has 0 aromatic heterocycles. The fourth-order valence-corrected chi connectivity index (χ4v) is 2.33. The van der Waals surface area contributed by atoms with Gasteiger partial charge in [-0.1, -0.05) is 36.8 Å². The Morgan fingerprint density at radius 2 is 1.87 bits per heavy atom. The van der Waals surface area contributed by atoms with Gasteiger partial charge in [0.25, 0.3) is 0 Å². The first-order valence-electron chi connectivity index (χ1n) is 8.75. The molecule has 0 saturated carbocycles. The first kappa shape index (κ1) is 19.5. The van der Waals surface area contributed by atoms with Crippen LogP contribution in [0.4, 0.5) is 0 Å². The van der Waals surface area contributed by atoms with E-state index in [1.807, 2.05) is 0 Å². The van der Waals surface area contributed by atoms with E-state index < -0.39 is 0 Å². The molecule has 0 radical (unpaired) electrons. The molecule has 0 heterocycles. The lowest BCUT2D eigenvalue weighted by atomic mass is 10.0. The van der Waals surface area contributed by atoms with Gasteiger partial charge in [-0.15, -0.1) is 0 Å². The van der Waals surface area contributed by atoms with Crippen LogP contribution in [0.3, 0.4) is 0 Å².